The van der Waals surface area contributed by atoms with Gasteiger partial charge in [-0.1, -0.05) is 30.3 Å². The van der Waals surface area contributed by atoms with Gasteiger partial charge in [-0.15, -0.1) is 11.8 Å². The highest BCUT2D eigenvalue weighted by Crippen LogP contribution is 2.15. The quantitative estimate of drug-likeness (QED) is 0.829. The first-order valence-corrected chi connectivity index (χ1v) is 8.06. The van der Waals surface area contributed by atoms with Gasteiger partial charge in [0.15, 0.2) is 0 Å². The second kappa shape index (κ2) is 7.86. The highest BCUT2D eigenvalue weighted by Gasteiger charge is 2.07. The summed E-state index contributed by atoms with van der Waals surface area (Å²) in [6, 6.07) is 18.0. The molecule has 3 nitrogen and oxygen atoms in total. The van der Waals surface area contributed by atoms with Crippen molar-refractivity contribution in [2.75, 3.05) is 25.2 Å². The monoisotopic (exact) mass is 300 g/mol. The molecule has 0 aliphatic heterocycles. The molecule has 0 unspecified atom stereocenters. The third-order valence-corrected chi connectivity index (χ3v) is 3.83. The van der Waals surface area contributed by atoms with E-state index in [2.05, 4.69) is 35.8 Å². The second-order valence-electron chi connectivity index (χ2n) is 4.93. The summed E-state index contributed by atoms with van der Waals surface area (Å²) in [4.78, 5) is 15.2. The SMILES string of the molecule is CSc1ccc(CN(C)CC(=O)Nc2ccccc2)cc1. The van der Waals surface area contributed by atoms with Gasteiger partial charge >= 0.3 is 0 Å². The van der Waals surface area contributed by atoms with Crippen molar-refractivity contribution < 1.29 is 4.79 Å². The van der Waals surface area contributed by atoms with Gasteiger partial charge < -0.3 is 5.32 Å². The molecule has 2 rings (SSSR count). The Morgan fingerprint density at radius 3 is 2.38 bits per heavy atom. The average Bonchev–Trinajstić information content (AvgIpc) is 2.48. The summed E-state index contributed by atoms with van der Waals surface area (Å²) in [6.45, 7) is 1.13. The molecule has 0 heterocycles. The van der Waals surface area contributed by atoms with Gasteiger partial charge in [0.25, 0.3) is 0 Å². The molecule has 1 N–H and O–H groups in total. The number of carbonyl (C=O) groups excluding carboxylic acids is 1. The topological polar surface area (TPSA) is 32.3 Å². The van der Waals surface area contributed by atoms with Crippen LogP contribution in [0, 0.1) is 0 Å². The molecule has 0 aromatic heterocycles. The third-order valence-electron chi connectivity index (χ3n) is 3.08. The molecule has 0 atom stereocenters. The fourth-order valence-corrected chi connectivity index (χ4v) is 2.47. The first kappa shape index (κ1) is 15.6. The van der Waals surface area contributed by atoms with Crippen molar-refractivity contribution in [3.63, 3.8) is 0 Å². The molecule has 0 bridgehead atoms. The van der Waals surface area contributed by atoms with Crippen molar-refractivity contribution in [3.8, 4) is 0 Å². The zero-order valence-electron chi connectivity index (χ0n) is 12.4. The molecule has 4 heteroatoms. The molecular weight excluding hydrogens is 280 g/mol. The van der Waals surface area contributed by atoms with Crippen molar-refractivity contribution in [2.45, 2.75) is 11.4 Å². The Hall–Kier alpha value is -1.78. The minimum absolute atomic E-state index is 0.00411. The fraction of sp³-hybridized carbons (Fsp3) is 0.235. The van der Waals surface area contributed by atoms with Crippen LogP contribution in [0.1, 0.15) is 5.56 Å². The zero-order valence-corrected chi connectivity index (χ0v) is 13.2. The number of carbonyl (C=O) groups is 1. The van der Waals surface area contributed by atoms with Crippen LogP contribution in [0.5, 0.6) is 0 Å². The lowest BCUT2D eigenvalue weighted by molar-refractivity contribution is -0.117. The Kier molecular flexibility index (Phi) is 5.84. The fourth-order valence-electron chi connectivity index (χ4n) is 2.07. The number of amides is 1. The van der Waals surface area contributed by atoms with Crippen molar-refractivity contribution >= 4 is 23.4 Å². The average molecular weight is 300 g/mol. The van der Waals surface area contributed by atoms with Gasteiger partial charge in [-0.25, -0.2) is 0 Å². The van der Waals surface area contributed by atoms with Crippen LogP contribution in [0.15, 0.2) is 59.5 Å². The molecule has 2 aromatic rings. The normalized spacial score (nSPS) is 10.6. The molecule has 0 spiro atoms. The van der Waals surface area contributed by atoms with E-state index >= 15 is 0 Å². The number of likely N-dealkylation sites (N-methyl/N-ethyl adjacent to an activating group) is 1. The van der Waals surface area contributed by atoms with Gasteiger partial charge in [-0.05, 0) is 43.1 Å². The zero-order chi connectivity index (χ0) is 15.1. The summed E-state index contributed by atoms with van der Waals surface area (Å²) in [5, 5.41) is 2.89. The minimum atomic E-state index is 0.00411. The molecular formula is C17H20N2OS. The molecule has 0 aliphatic carbocycles. The number of nitrogens with zero attached hydrogens (tertiary/aromatic N) is 1. The van der Waals surface area contributed by atoms with Crippen molar-refractivity contribution in [1.82, 2.24) is 4.90 Å². The number of benzene rings is 2. The van der Waals surface area contributed by atoms with E-state index < -0.39 is 0 Å². The van der Waals surface area contributed by atoms with Crippen LogP contribution < -0.4 is 5.32 Å². The summed E-state index contributed by atoms with van der Waals surface area (Å²) in [6.07, 6.45) is 2.06. The van der Waals surface area contributed by atoms with E-state index in [-0.39, 0.29) is 5.91 Å². The molecule has 110 valence electrons. The summed E-state index contributed by atoms with van der Waals surface area (Å²) >= 11 is 1.73. The minimum Gasteiger partial charge on any atom is -0.325 e. The lowest BCUT2D eigenvalue weighted by Gasteiger charge is -2.16. The Bertz CT molecular complexity index is 569. The summed E-state index contributed by atoms with van der Waals surface area (Å²) in [5.74, 6) is 0.00411. The van der Waals surface area contributed by atoms with Gasteiger partial charge in [0.1, 0.15) is 0 Å². The maximum absolute atomic E-state index is 12.0. The standard InChI is InChI=1S/C17H20N2OS/c1-19(12-14-8-10-16(21-2)11-9-14)13-17(20)18-15-6-4-3-5-7-15/h3-11H,12-13H2,1-2H3,(H,18,20). The lowest BCUT2D eigenvalue weighted by Crippen LogP contribution is -2.29. The Labute approximate surface area is 130 Å². The van der Waals surface area contributed by atoms with Crippen molar-refractivity contribution in [1.29, 1.82) is 0 Å². The summed E-state index contributed by atoms with van der Waals surface area (Å²) in [5.41, 5.74) is 2.04. The van der Waals surface area contributed by atoms with E-state index in [1.54, 1.807) is 11.8 Å². The van der Waals surface area contributed by atoms with Crippen molar-refractivity contribution in [3.05, 3.63) is 60.2 Å². The van der Waals surface area contributed by atoms with Gasteiger partial charge in [0, 0.05) is 17.1 Å². The highest BCUT2D eigenvalue weighted by atomic mass is 32.2. The first-order valence-electron chi connectivity index (χ1n) is 6.84. The lowest BCUT2D eigenvalue weighted by atomic mass is 10.2. The van der Waals surface area contributed by atoms with Crippen LogP contribution >= 0.6 is 11.8 Å². The second-order valence-corrected chi connectivity index (χ2v) is 5.81. The molecule has 0 saturated carbocycles. The van der Waals surface area contributed by atoms with E-state index in [1.165, 1.54) is 10.5 Å². The van der Waals surface area contributed by atoms with Crippen LogP contribution in [0.2, 0.25) is 0 Å². The smallest absolute Gasteiger partial charge is 0.238 e. The Balaban J connectivity index is 1.83. The number of hydrogen-bond acceptors (Lipinski definition) is 3. The van der Waals surface area contributed by atoms with Gasteiger partial charge in [-0.3, -0.25) is 9.69 Å². The van der Waals surface area contributed by atoms with Crippen LogP contribution in [-0.4, -0.2) is 30.7 Å². The predicted octanol–water partition coefficient (Wildman–Crippen LogP) is 3.48. The number of rotatable bonds is 6. The van der Waals surface area contributed by atoms with Crippen LogP contribution in [-0.2, 0) is 11.3 Å². The molecule has 2 aromatic carbocycles. The number of anilines is 1. The molecule has 21 heavy (non-hydrogen) atoms. The van der Waals surface area contributed by atoms with E-state index in [9.17, 15) is 4.79 Å². The Morgan fingerprint density at radius 1 is 1.10 bits per heavy atom. The Morgan fingerprint density at radius 2 is 1.76 bits per heavy atom. The number of hydrogen-bond donors (Lipinski definition) is 1. The van der Waals surface area contributed by atoms with Crippen LogP contribution in [0.4, 0.5) is 5.69 Å². The van der Waals surface area contributed by atoms with Gasteiger partial charge in [0.2, 0.25) is 5.91 Å². The van der Waals surface area contributed by atoms with E-state index in [0.717, 1.165) is 12.2 Å². The maximum Gasteiger partial charge on any atom is 0.238 e. The number of thioether (sulfide) groups is 1. The maximum atomic E-state index is 12.0. The first-order chi connectivity index (χ1) is 10.2. The summed E-state index contributed by atoms with van der Waals surface area (Å²) < 4.78 is 0. The van der Waals surface area contributed by atoms with E-state index in [4.69, 9.17) is 0 Å². The summed E-state index contributed by atoms with van der Waals surface area (Å²) in [7, 11) is 1.95. The predicted molar refractivity (Wildman–Crippen MR) is 89.6 cm³/mol. The van der Waals surface area contributed by atoms with Crippen LogP contribution in [0.25, 0.3) is 0 Å². The number of nitrogens with one attached hydrogen (secondary N) is 1. The van der Waals surface area contributed by atoms with Crippen LogP contribution in [0.3, 0.4) is 0 Å². The third kappa shape index (κ3) is 5.25. The molecule has 0 radical (unpaired) electrons. The largest absolute Gasteiger partial charge is 0.325 e. The van der Waals surface area contributed by atoms with E-state index in [0.29, 0.717) is 6.54 Å². The molecule has 0 fully saturated rings. The highest BCUT2D eigenvalue weighted by molar-refractivity contribution is 7.98. The molecule has 0 saturated heterocycles. The van der Waals surface area contributed by atoms with Crippen molar-refractivity contribution in [2.24, 2.45) is 0 Å². The van der Waals surface area contributed by atoms with Gasteiger partial charge in [-0.2, -0.15) is 0 Å². The number of para-hydroxylation sites is 1. The molecule has 1 amide bonds. The molecule has 0 aliphatic rings. The van der Waals surface area contributed by atoms with Gasteiger partial charge in [0.05, 0.1) is 6.54 Å². The van der Waals surface area contributed by atoms with E-state index in [1.807, 2.05) is 42.3 Å².